The Kier molecular flexibility index (Phi) is 6.64. The first-order chi connectivity index (χ1) is 9.90. The number of rotatable bonds is 8. The molecule has 0 spiro atoms. The topological polar surface area (TPSA) is 58.4 Å². The quantitative estimate of drug-likeness (QED) is 0.717. The molecule has 0 aliphatic heterocycles. The Morgan fingerprint density at radius 2 is 1.76 bits per heavy atom. The van der Waals surface area contributed by atoms with Crippen LogP contribution in [0.25, 0.3) is 0 Å². The van der Waals surface area contributed by atoms with Gasteiger partial charge in [-0.05, 0) is 19.2 Å². The third-order valence-corrected chi connectivity index (χ3v) is 3.31. The van der Waals surface area contributed by atoms with E-state index in [9.17, 15) is 18.0 Å². The van der Waals surface area contributed by atoms with Gasteiger partial charge in [0.25, 0.3) is 0 Å². The van der Waals surface area contributed by atoms with Crippen molar-refractivity contribution in [1.82, 2.24) is 10.2 Å². The Labute approximate surface area is 122 Å². The molecule has 0 aliphatic carbocycles. The second-order valence-electron chi connectivity index (χ2n) is 4.60. The zero-order valence-electron chi connectivity index (χ0n) is 12.1. The highest BCUT2D eigenvalue weighted by atomic mass is 19.2. The SMILES string of the molecule is CCN(CC)CCNC(C(N)=O)c1cc(F)c(F)cc1F. The summed E-state index contributed by atoms with van der Waals surface area (Å²) < 4.78 is 39.8. The lowest BCUT2D eigenvalue weighted by atomic mass is 10.1. The van der Waals surface area contributed by atoms with Crippen LogP contribution in [-0.4, -0.2) is 37.0 Å². The van der Waals surface area contributed by atoms with Crippen LogP contribution in [-0.2, 0) is 4.79 Å². The first-order valence-electron chi connectivity index (χ1n) is 6.80. The fourth-order valence-corrected chi connectivity index (χ4v) is 2.03. The highest BCUT2D eigenvalue weighted by Crippen LogP contribution is 2.20. The van der Waals surface area contributed by atoms with E-state index >= 15 is 0 Å². The highest BCUT2D eigenvalue weighted by molar-refractivity contribution is 5.81. The molecule has 1 amide bonds. The van der Waals surface area contributed by atoms with Crippen LogP contribution >= 0.6 is 0 Å². The van der Waals surface area contributed by atoms with Crippen molar-refractivity contribution >= 4 is 5.91 Å². The van der Waals surface area contributed by atoms with E-state index in [4.69, 9.17) is 5.73 Å². The fourth-order valence-electron chi connectivity index (χ4n) is 2.03. The molecule has 0 aromatic heterocycles. The summed E-state index contributed by atoms with van der Waals surface area (Å²) in [4.78, 5) is 13.5. The smallest absolute Gasteiger partial charge is 0.239 e. The summed E-state index contributed by atoms with van der Waals surface area (Å²) in [6.07, 6.45) is 0. The van der Waals surface area contributed by atoms with Crippen LogP contribution in [0.1, 0.15) is 25.5 Å². The molecule has 0 fully saturated rings. The van der Waals surface area contributed by atoms with Crippen LogP contribution in [0.5, 0.6) is 0 Å². The van der Waals surface area contributed by atoms with Gasteiger partial charge in [0.15, 0.2) is 11.6 Å². The van der Waals surface area contributed by atoms with Gasteiger partial charge in [0, 0.05) is 24.7 Å². The number of nitrogens with one attached hydrogen (secondary N) is 1. The van der Waals surface area contributed by atoms with E-state index in [-0.39, 0.29) is 5.56 Å². The van der Waals surface area contributed by atoms with Crippen molar-refractivity contribution in [3.63, 3.8) is 0 Å². The molecule has 0 saturated heterocycles. The van der Waals surface area contributed by atoms with Crippen molar-refractivity contribution in [2.24, 2.45) is 5.73 Å². The Bertz CT molecular complexity index is 493. The van der Waals surface area contributed by atoms with Gasteiger partial charge < -0.3 is 16.0 Å². The normalized spacial score (nSPS) is 12.7. The van der Waals surface area contributed by atoms with Gasteiger partial charge >= 0.3 is 0 Å². The third kappa shape index (κ3) is 4.71. The summed E-state index contributed by atoms with van der Waals surface area (Å²) in [6, 6.07) is -0.132. The maximum Gasteiger partial charge on any atom is 0.239 e. The number of hydrogen-bond donors (Lipinski definition) is 2. The number of nitrogens with two attached hydrogens (primary N) is 1. The molecule has 21 heavy (non-hydrogen) atoms. The Hall–Kier alpha value is -1.60. The third-order valence-electron chi connectivity index (χ3n) is 3.31. The molecule has 1 aromatic carbocycles. The van der Waals surface area contributed by atoms with Crippen molar-refractivity contribution in [3.05, 3.63) is 35.1 Å². The number of primary amides is 1. The summed E-state index contributed by atoms with van der Waals surface area (Å²) in [5.74, 6) is -4.38. The van der Waals surface area contributed by atoms with Gasteiger partial charge in [-0.3, -0.25) is 4.79 Å². The predicted molar refractivity (Wildman–Crippen MR) is 74.0 cm³/mol. The molecule has 1 unspecified atom stereocenters. The molecule has 0 radical (unpaired) electrons. The van der Waals surface area contributed by atoms with Gasteiger partial charge in [-0.15, -0.1) is 0 Å². The van der Waals surface area contributed by atoms with E-state index in [0.29, 0.717) is 25.2 Å². The van der Waals surface area contributed by atoms with Gasteiger partial charge in [-0.1, -0.05) is 13.8 Å². The lowest BCUT2D eigenvalue weighted by Crippen LogP contribution is -2.39. The molecule has 0 heterocycles. The van der Waals surface area contributed by atoms with Gasteiger partial charge in [0.1, 0.15) is 11.9 Å². The molecular formula is C14H20F3N3O. The largest absolute Gasteiger partial charge is 0.368 e. The standard InChI is InChI=1S/C14H20F3N3O/c1-3-20(4-2)6-5-19-13(14(18)21)9-7-11(16)12(17)8-10(9)15/h7-8,13,19H,3-6H2,1-2H3,(H2,18,21). The molecule has 0 saturated carbocycles. The molecule has 3 N–H and O–H groups in total. The van der Waals surface area contributed by atoms with Crippen LogP contribution in [0, 0.1) is 17.5 Å². The van der Waals surface area contributed by atoms with Gasteiger partial charge in [0.2, 0.25) is 5.91 Å². The van der Waals surface area contributed by atoms with Crippen molar-refractivity contribution < 1.29 is 18.0 Å². The second kappa shape index (κ2) is 7.99. The zero-order chi connectivity index (χ0) is 16.0. The summed E-state index contributed by atoms with van der Waals surface area (Å²) in [5, 5.41) is 2.78. The minimum Gasteiger partial charge on any atom is -0.368 e. The number of carbonyl (C=O) groups excluding carboxylic acids is 1. The van der Waals surface area contributed by atoms with Crippen molar-refractivity contribution in [2.75, 3.05) is 26.2 Å². The Balaban J connectivity index is 2.83. The van der Waals surface area contributed by atoms with Gasteiger partial charge in [-0.2, -0.15) is 0 Å². The minimum absolute atomic E-state index is 0.291. The number of benzene rings is 1. The first-order valence-corrected chi connectivity index (χ1v) is 6.80. The summed E-state index contributed by atoms with van der Waals surface area (Å²) >= 11 is 0. The minimum atomic E-state index is -1.30. The number of likely N-dealkylation sites (N-methyl/N-ethyl adjacent to an activating group) is 1. The number of nitrogens with zero attached hydrogens (tertiary/aromatic N) is 1. The van der Waals surface area contributed by atoms with Crippen LogP contribution in [0.3, 0.4) is 0 Å². The number of amides is 1. The summed E-state index contributed by atoms with van der Waals surface area (Å²) in [7, 11) is 0. The van der Waals surface area contributed by atoms with Crippen LogP contribution in [0.2, 0.25) is 0 Å². The fraction of sp³-hybridized carbons (Fsp3) is 0.500. The monoisotopic (exact) mass is 303 g/mol. The lowest BCUT2D eigenvalue weighted by molar-refractivity contribution is -0.120. The van der Waals surface area contributed by atoms with Crippen molar-refractivity contribution in [3.8, 4) is 0 Å². The maximum atomic E-state index is 13.7. The van der Waals surface area contributed by atoms with E-state index in [2.05, 4.69) is 10.2 Å². The van der Waals surface area contributed by atoms with E-state index in [0.717, 1.165) is 13.1 Å². The van der Waals surface area contributed by atoms with E-state index in [1.807, 2.05) is 13.8 Å². The number of halogens is 3. The maximum absolute atomic E-state index is 13.7. The van der Waals surface area contributed by atoms with Crippen LogP contribution in [0.15, 0.2) is 12.1 Å². The molecule has 1 aromatic rings. The van der Waals surface area contributed by atoms with E-state index in [1.165, 1.54) is 0 Å². The number of carbonyl (C=O) groups is 1. The zero-order valence-corrected chi connectivity index (χ0v) is 12.1. The second-order valence-corrected chi connectivity index (χ2v) is 4.60. The van der Waals surface area contributed by atoms with E-state index < -0.39 is 29.4 Å². The number of hydrogen-bond acceptors (Lipinski definition) is 3. The lowest BCUT2D eigenvalue weighted by Gasteiger charge is -2.21. The molecule has 1 rings (SSSR count). The molecule has 118 valence electrons. The first kappa shape index (κ1) is 17.5. The van der Waals surface area contributed by atoms with Gasteiger partial charge in [-0.25, -0.2) is 13.2 Å². The molecule has 4 nitrogen and oxygen atoms in total. The molecule has 1 atom stereocenters. The van der Waals surface area contributed by atoms with Crippen molar-refractivity contribution in [2.45, 2.75) is 19.9 Å². The average molecular weight is 303 g/mol. The molecule has 0 aliphatic rings. The molecule has 0 bridgehead atoms. The highest BCUT2D eigenvalue weighted by Gasteiger charge is 2.23. The Morgan fingerprint density at radius 3 is 2.29 bits per heavy atom. The summed E-state index contributed by atoms with van der Waals surface area (Å²) in [6.45, 7) is 6.64. The molecular weight excluding hydrogens is 283 g/mol. The van der Waals surface area contributed by atoms with E-state index in [1.54, 1.807) is 0 Å². The average Bonchev–Trinajstić information content (AvgIpc) is 2.43. The van der Waals surface area contributed by atoms with Gasteiger partial charge in [0.05, 0.1) is 0 Å². The van der Waals surface area contributed by atoms with Crippen LogP contribution < -0.4 is 11.1 Å². The predicted octanol–water partition coefficient (Wildman–Crippen LogP) is 1.56. The molecule has 7 heteroatoms. The Morgan fingerprint density at radius 1 is 1.19 bits per heavy atom. The summed E-state index contributed by atoms with van der Waals surface area (Å²) in [5.41, 5.74) is 4.92. The van der Waals surface area contributed by atoms with Crippen LogP contribution in [0.4, 0.5) is 13.2 Å². The van der Waals surface area contributed by atoms with Crippen molar-refractivity contribution in [1.29, 1.82) is 0 Å².